The number of piperazine rings is 1. The van der Waals surface area contributed by atoms with Gasteiger partial charge in [0.25, 0.3) is 5.91 Å². The quantitative estimate of drug-likeness (QED) is 0.822. The van der Waals surface area contributed by atoms with Crippen molar-refractivity contribution in [1.82, 2.24) is 9.21 Å². The Morgan fingerprint density at radius 3 is 2.19 bits per heavy atom. The highest BCUT2D eigenvalue weighted by Gasteiger charge is 2.31. The molecule has 0 bridgehead atoms. The Bertz CT molecular complexity index is 960. The molecule has 1 fully saturated rings. The van der Waals surface area contributed by atoms with Gasteiger partial charge in [-0.05, 0) is 36.4 Å². The van der Waals surface area contributed by atoms with Crippen LogP contribution in [0.3, 0.4) is 0 Å². The fourth-order valence-electron chi connectivity index (χ4n) is 2.79. The van der Waals surface area contributed by atoms with Gasteiger partial charge >= 0.3 is 0 Å². The molecule has 1 aliphatic heterocycles. The van der Waals surface area contributed by atoms with Gasteiger partial charge in [-0.3, -0.25) is 4.79 Å². The molecule has 2 aromatic rings. The van der Waals surface area contributed by atoms with Crippen LogP contribution in [0.5, 0.6) is 0 Å². The van der Waals surface area contributed by atoms with E-state index >= 15 is 0 Å². The first kappa shape index (κ1) is 18.0. The average Bonchev–Trinajstić information content (AvgIpc) is 2.68. The Kier molecular flexibility index (Phi) is 5.02. The molecule has 2 aromatic carbocycles. The van der Waals surface area contributed by atoms with Crippen LogP contribution in [-0.2, 0) is 10.0 Å². The van der Waals surface area contributed by atoms with Crippen LogP contribution >= 0.6 is 0 Å². The lowest BCUT2D eigenvalue weighted by molar-refractivity contribution is 0.0693. The zero-order chi connectivity index (χ0) is 18.7. The molecule has 1 amide bonds. The lowest BCUT2D eigenvalue weighted by Gasteiger charge is -2.34. The molecule has 6 nitrogen and oxygen atoms in total. The standard InChI is InChI=1S/C18H16FN3O3S/c19-17-4-2-1-3-16(17)18(23)21-9-11-22(12-10-21)26(24,25)15-7-5-14(13-20)6-8-15/h1-8H,9-12H2. The molecule has 0 saturated carbocycles. The molecular weight excluding hydrogens is 357 g/mol. The van der Waals surface area contributed by atoms with Gasteiger partial charge in [0, 0.05) is 26.2 Å². The van der Waals surface area contributed by atoms with Crippen molar-refractivity contribution in [3.05, 3.63) is 65.5 Å². The first-order valence-corrected chi connectivity index (χ1v) is 9.41. The minimum absolute atomic E-state index is 0.0177. The Morgan fingerprint density at radius 2 is 1.62 bits per heavy atom. The van der Waals surface area contributed by atoms with Crippen LogP contribution < -0.4 is 0 Å². The molecule has 26 heavy (non-hydrogen) atoms. The van der Waals surface area contributed by atoms with Crippen molar-refractivity contribution >= 4 is 15.9 Å². The number of carbonyl (C=O) groups is 1. The maximum atomic E-state index is 13.8. The van der Waals surface area contributed by atoms with Crippen molar-refractivity contribution in [3.63, 3.8) is 0 Å². The van der Waals surface area contributed by atoms with E-state index in [1.807, 2.05) is 6.07 Å². The topological polar surface area (TPSA) is 81.5 Å². The van der Waals surface area contributed by atoms with Crippen molar-refractivity contribution in [2.75, 3.05) is 26.2 Å². The van der Waals surface area contributed by atoms with Gasteiger partial charge in [-0.1, -0.05) is 12.1 Å². The summed E-state index contributed by atoms with van der Waals surface area (Å²) in [5.74, 6) is -1.04. The first-order valence-electron chi connectivity index (χ1n) is 7.97. The molecule has 0 aromatic heterocycles. The number of nitrogens with zero attached hydrogens (tertiary/aromatic N) is 3. The van der Waals surface area contributed by atoms with E-state index in [1.165, 1.54) is 51.7 Å². The number of rotatable bonds is 3. The summed E-state index contributed by atoms with van der Waals surface area (Å²) < 4.78 is 40.4. The Balaban J connectivity index is 1.70. The summed E-state index contributed by atoms with van der Waals surface area (Å²) in [6.07, 6.45) is 0. The Hall–Kier alpha value is -2.76. The Morgan fingerprint density at radius 1 is 1.00 bits per heavy atom. The lowest BCUT2D eigenvalue weighted by atomic mass is 10.1. The monoisotopic (exact) mass is 373 g/mol. The number of nitriles is 1. The van der Waals surface area contributed by atoms with Crippen LogP contribution in [0.15, 0.2) is 53.4 Å². The zero-order valence-electron chi connectivity index (χ0n) is 13.8. The van der Waals surface area contributed by atoms with Crippen molar-refractivity contribution in [2.24, 2.45) is 0 Å². The predicted octanol–water partition coefficient (Wildman–Crippen LogP) is 1.84. The van der Waals surface area contributed by atoms with E-state index in [4.69, 9.17) is 5.26 Å². The van der Waals surface area contributed by atoms with Gasteiger partial charge in [-0.2, -0.15) is 9.57 Å². The smallest absolute Gasteiger partial charge is 0.256 e. The van der Waals surface area contributed by atoms with Crippen LogP contribution in [-0.4, -0.2) is 49.7 Å². The second-order valence-corrected chi connectivity index (χ2v) is 7.75. The van der Waals surface area contributed by atoms with E-state index in [0.29, 0.717) is 5.56 Å². The fourth-order valence-corrected chi connectivity index (χ4v) is 4.21. The van der Waals surface area contributed by atoms with Crippen LogP contribution in [0.1, 0.15) is 15.9 Å². The number of hydrogen-bond donors (Lipinski definition) is 0. The van der Waals surface area contributed by atoms with Gasteiger partial charge in [0.05, 0.1) is 22.1 Å². The molecule has 1 saturated heterocycles. The summed E-state index contributed by atoms with van der Waals surface area (Å²) in [6, 6.07) is 13.4. The van der Waals surface area contributed by atoms with Gasteiger partial charge in [-0.15, -0.1) is 0 Å². The SMILES string of the molecule is N#Cc1ccc(S(=O)(=O)N2CCN(C(=O)c3ccccc3F)CC2)cc1. The Labute approximate surface area is 151 Å². The molecule has 8 heteroatoms. The normalized spacial score (nSPS) is 15.5. The largest absolute Gasteiger partial charge is 0.336 e. The molecule has 0 aliphatic carbocycles. The third-order valence-corrected chi connectivity index (χ3v) is 6.16. The minimum atomic E-state index is -3.70. The molecule has 0 atom stereocenters. The zero-order valence-corrected chi connectivity index (χ0v) is 14.6. The van der Waals surface area contributed by atoms with Gasteiger partial charge < -0.3 is 4.90 Å². The van der Waals surface area contributed by atoms with Gasteiger partial charge in [0.1, 0.15) is 5.82 Å². The number of carbonyl (C=O) groups excluding carboxylic acids is 1. The van der Waals surface area contributed by atoms with E-state index in [1.54, 1.807) is 6.07 Å². The van der Waals surface area contributed by atoms with Crippen LogP contribution in [0, 0.1) is 17.1 Å². The summed E-state index contributed by atoms with van der Waals surface area (Å²) in [6.45, 7) is 0.621. The third kappa shape index (κ3) is 3.45. The molecular formula is C18H16FN3O3S. The molecule has 0 spiro atoms. The van der Waals surface area contributed by atoms with Gasteiger partial charge in [-0.25, -0.2) is 12.8 Å². The second kappa shape index (κ2) is 7.23. The molecule has 134 valence electrons. The molecule has 0 radical (unpaired) electrons. The number of sulfonamides is 1. The van der Waals surface area contributed by atoms with Crippen LogP contribution in [0.4, 0.5) is 4.39 Å². The highest BCUT2D eigenvalue weighted by molar-refractivity contribution is 7.89. The minimum Gasteiger partial charge on any atom is -0.336 e. The van der Waals surface area contributed by atoms with E-state index in [9.17, 15) is 17.6 Å². The summed E-state index contributed by atoms with van der Waals surface area (Å²) in [7, 11) is -3.70. The maximum Gasteiger partial charge on any atom is 0.256 e. The maximum absolute atomic E-state index is 13.8. The lowest BCUT2D eigenvalue weighted by Crippen LogP contribution is -2.50. The number of halogens is 1. The highest BCUT2D eigenvalue weighted by Crippen LogP contribution is 2.19. The highest BCUT2D eigenvalue weighted by atomic mass is 32.2. The van der Waals surface area contributed by atoms with E-state index in [0.717, 1.165) is 0 Å². The van der Waals surface area contributed by atoms with Crippen molar-refractivity contribution < 1.29 is 17.6 Å². The van der Waals surface area contributed by atoms with Crippen LogP contribution in [0.2, 0.25) is 0 Å². The van der Waals surface area contributed by atoms with Crippen molar-refractivity contribution in [1.29, 1.82) is 5.26 Å². The summed E-state index contributed by atoms with van der Waals surface area (Å²) in [5.41, 5.74) is 0.361. The molecule has 1 heterocycles. The predicted molar refractivity (Wildman–Crippen MR) is 92.2 cm³/mol. The van der Waals surface area contributed by atoms with E-state index in [2.05, 4.69) is 0 Å². The van der Waals surface area contributed by atoms with Gasteiger partial charge in [0.15, 0.2) is 0 Å². The number of benzene rings is 2. The van der Waals surface area contributed by atoms with E-state index < -0.39 is 21.7 Å². The van der Waals surface area contributed by atoms with E-state index in [-0.39, 0.29) is 36.6 Å². The molecule has 3 rings (SSSR count). The number of hydrogen-bond acceptors (Lipinski definition) is 4. The molecule has 1 aliphatic rings. The van der Waals surface area contributed by atoms with Crippen LogP contribution in [0.25, 0.3) is 0 Å². The fraction of sp³-hybridized carbons (Fsp3) is 0.222. The summed E-state index contributed by atoms with van der Waals surface area (Å²) >= 11 is 0. The van der Waals surface area contributed by atoms with Crippen molar-refractivity contribution in [2.45, 2.75) is 4.90 Å². The summed E-state index contributed by atoms with van der Waals surface area (Å²) in [5, 5.41) is 8.80. The molecule has 0 unspecified atom stereocenters. The average molecular weight is 373 g/mol. The summed E-state index contributed by atoms with van der Waals surface area (Å²) in [4.78, 5) is 14.0. The number of amides is 1. The first-order chi connectivity index (χ1) is 12.4. The molecule has 0 N–H and O–H groups in total. The third-order valence-electron chi connectivity index (χ3n) is 4.25. The van der Waals surface area contributed by atoms with Gasteiger partial charge in [0.2, 0.25) is 10.0 Å². The van der Waals surface area contributed by atoms with Crippen molar-refractivity contribution in [3.8, 4) is 6.07 Å². The second-order valence-electron chi connectivity index (χ2n) is 5.81.